The summed E-state index contributed by atoms with van der Waals surface area (Å²) in [5.74, 6) is 0.149. The van der Waals surface area contributed by atoms with Crippen molar-refractivity contribution in [3.8, 4) is 10.7 Å². The first-order valence-corrected chi connectivity index (χ1v) is 6.84. The maximum absolute atomic E-state index is 11.6. The Morgan fingerprint density at radius 1 is 1.42 bits per heavy atom. The van der Waals surface area contributed by atoms with Crippen molar-refractivity contribution < 1.29 is 9.53 Å². The van der Waals surface area contributed by atoms with Gasteiger partial charge in [-0.05, 0) is 24.9 Å². The Morgan fingerprint density at radius 3 is 2.89 bits per heavy atom. The molecule has 0 aliphatic heterocycles. The van der Waals surface area contributed by atoms with E-state index in [1.165, 1.54) is 11.5 Å². The minimum absolute atomic E-state index is 0.0650. The van der Waals surface area contributed by atoms with Gasteiger partial charge in [0.2, 0.25) is 0 Å². The van der Waals surface area contributed by atoms with Gasteiger partial charge in [0.1, 0.15) is 4.88 Å². The first-order valence-electron chi connectivity index (χ1n) is 6.07. The van der Waals surface area contributed by atoms with Gasteiger partial charge in [-0.25, -0.2) is 9.48 Å². The van der Waals surface area contributed by atoms with Crippen LogP contribution in [0.1, 0.15) is 36.6 Å². The quantitative estimate of drug-likeness (QED) is 0.772. The molecule has 0 unspecified atom stereocenters. The van der Waals surface area contributed by atoms with Crippen LogP contribution in [0.5, 0.6) is 0 Å². The average Bonchev–Trinajstić information content (AvgIpc) is 2.96. The third-order valence-corrected chi connectivity index (χ3v) is 3.23. The zero-order valence-corrected chi connectivity index (χ0v) is 11.9. The van der Waals surface area contributed by atoms with Crippen LogP contribution in [-0.4, -0.2) is 36.9 Å². The summed E-state index contributed by atoms with van der Waals surface area (Å²) in [5, 5.41) is 8.15. The van der Waals surface area contributed by atoms with E-state index in [0.29, 0.717) is 12.4 Å². The molecule has 0 radical (unpaired) electrons. The third-order valence-electron chi connectivity index (χ3n) is 2.47. The Morgan fingerprint density at radius 2 is 2.21 bits per heavy atom. The lowest BCUT2D eigenvalue weighted by molar-refractivity contribution is 0.0512. The molecule has 0 aliphatic carbocycles. The Kier molecular flexibility index (Phi) is 4.20. The van der Waals surface area contributed by atoms with Crippen LogP contribution in [0.2, 0.25) is 0 Å². The highest BCUT2D eigenvalue weighted by atomic mass is 32.1. The van der Waals surface area contributed by atoms with E-state index in [1.54, 1.807) is 18.7 Å². The van der Waals surface area contributed by atoms with E-state index in [0.717, 1.165) is 23.4 Å². The molecule has 2 rings (SSSR count). The van der Waals surface area contributed by atoms with Crippen LogP contribution >= 0.6 is 11.5 Å². The van der Waals surface area contributed by atoms with Gasteiger partial charge in [-0.3, -0.25) is 0 Å². The van der Waals surface area contributed by atoms with Gasteiger partial charge in [0.15, 0.2) is 5.82 Å². The predicted octanol–water partition coefficient (Wildman–Crippen LogP) is 1.46. The molecule has 2 heterocycles. The first kappa shape index (κ1) is 13.6. The van der Waals surface area contributed by atoms with Crippen molar-refractivity contribution >= 4 is 17.5 Å². The smallest absolute Gasteiger partial charge is 0.378 e. The number of aromatic nitrogens is 5. The van der Waals surface area contributed by atoms with Crippen molar-refractivity contribution in [2.75, 3.05) is 6.61 Å². The molecular formula is C11H15N5O2S. The van der Waals surface area contributed by atoms with E-state index in [2.05, 4.69) is 26.6 Å². The van der Waals surface area contributed by atoms with Gasteiger partial charge >= 0.3 is 5.97 Å². The number of ether oxygens (including phenoxy) is 1. The molecule has 0 amide bonds. The fraction of sp³-hybridized carbons (Fsp3) is 0.545. The van der Waals surface area contributed by atoms with E-state index in [9.17, 15) is 4.79 Å². The van der Waals surface area contributed by atoms with Crippen LogP contribution in [0.4, 0.5) is 0 Å². The third kappa shape index (κ3) is 2.78. The lowest BCUT2D eigenvalue weighted by Gasteiger charge is -1.97. The van der Waals surface area contributed by atoms with Crippen LogP contribution in [-0.2, 0) is 18.2 Å². The van der Waals surface area contributed by atoms with Crippen molar-refractivity contribution in [2.45, 2.75) is 26.7 Å². The molecular weight excluding hydrogens is 266 g/mol. The van der Waals surface area contributed by atoms with E-state index < -0.39 is 5.97 Å². The number of nitrogens with zero attached hydrogens (tertiary/aromatic N) is 5. The Labute approximate surface area is 114 Å². The fourth-order valence-electron chi connectivity index (χ4n) is 1.64. The van der Waals surface area contributed by atoms with Gasteiger partial charge in [-0.15, -0.1) is 10.2 Å². The van der Waals surface area contributed by atoms with Crippen LogP contribution in [0.3, 0.4) is 0 Å². The van der Waals surface area contributed by atoms with Gasteiger partial charge in [0, 0.05) is 7.05 Å². The van der Waals surface area contributed by atoms with Gasteiger partial charge in [-0.1, -0.05) is 17.8 Å². The van der Waals surface area contributed by atoms with Crippen LogP contribution < -0.4 is 0 Å². The summed E-state index contributed by atoms with van der Waals surface area (Å²) < 4.78 is 10.4. The molecule has 0 atom stereocenters. The fourth-order valence-corrected chi connectivity index (χ4v) is 2.37. The Hall–Kier alpha value is -1.83. The minimum atomic E-state index is -0.515. The van der Waals surface area contributed by atoms with E-state index in [1.807, 2.05) is 0 Å². The highest BCUT2D eigenvalue weighted by Crippen LogP contribution is 2.25. The van der Waals surface area contributed by atoms with Crippen LogP contribution in [0.15, 0.2) is 0 Å². The van der Waals surface area contributed by atoms with Gasteiger partial charge < -0.3 is 4.74 Å². The number of hydrogen-bond donors (Lipinski definition) is 0. The molecule has 0 fully saturated rings. The second-order valence-corrected chi connectivity index (χ2v) is 4.66. The summed E-state index contributed by atoms with van der Waals surface area (Å²) in [5.41, 5.74) is 0.887. The number of carbonyl (C=O) groups is 1. The average molecular weight is 281 g/mol. The van der Waals surface area contributed by atoms with Crippen molar-refractivity contribution in [3.63, 3.8) is 0 Å². The second-order valence-electron chi connectivity index (χ2n) is 3.90. The van der Waals surface area contributed by atoms with Crippen molar-refractivity contribution in [3.05, 3.63) is 11.5 Å². The summed E-state index contributed by atoms with van der Waals surface area (Å²) in [6, 6.07) is 0. The normalized spacial score (nSPS) is 10.7. The van der Waals surface area contributed by atoms with E-state index >= 15 is 0 Å². The molecule has 2 aromatic heterocycles. The monoisotopic (exact) mass is 281 g/mol. The molecule has 102 valence electrons. The molecule has 8 heteroatoms. The Bertz CT molecular complexity index is 577. The van der Waals surface area contributed by atoms with Crippen LogP contribution in [0.25, 0.3) is 10.7 Å². The maximum atomic E-state index is 11.6. The van der Waals surface area contributed by atoms with Gasteiger partial charge in [0.05, 0.1) is 12.3 Å². The molecule has 19 heavy (non-hydrogen) atoms. The molecule has 0 N–H and O–H groups in total. The number of carbonyl (C=O) groups excluding carboxylic acids is 1. The second kappa shape index (κ2) is 5.87. The Balaban J connectivity index is 2.34. The zero-order valence-electron chi connectivity index (χ0n) is 11.1. The standard InChI is InChI=1S/C11H15N5O2S/c1-4-6-7-8(19-15-13-7)10-12-9(14-16(10)3)11(17)18-5-2/h4-6H2,1-3H3. The predicted molar refractivity (Wildman–Crippen MR) is 69.9 cm³/mol. The molecule has 0 spiro atoms. The summed E-state index contributed by atoms with van der Waals surface area (Å²) in [6.45, 7) is 4.12. The summed E-state index contributed by atoms with van der Waals surface area (Å²) in [7, 11) is 1.74. The SMILES string of the molecule is CCCc1nnsc1-c1nc(C(=O)OCC)nn1C. The highest BCUT2D eigenvalue weighted by molar-refractivity contribution is 7.09. The maximum Gasteiger partial charge on any atom is 0.378 e. The lowest BCUT2D eigenvalue weighted by Crippen LogP contribution is -2.07. The minimum Gasteiger partial charge on any atom is -0.460 e. The number of esters is 1. The topological polar surface area (TPSA) is 82.8 Å². The molecule has 0 bridgehead atoms. The van der Waals surface area contributed by atoms with Crippen molar-refractivity contribution in [1.82, 2.24) is 24.4 Å². The van der Waals surface area contributed by atoms with Crippen molar-refractivity contribution in [1.29, 1.82) is 0 Å². The molecule has 0 saturated heterocycles. The molecule has 0 aromatic carbocycles. The van der Waals surface area contributed by atoms with Gasteiger partial charge in [0.25, 0.3) is 5.82 Å². The lowest BCUT2D eigenvalue weighted by atomic mass is 10.2. The van der Waals surface area contributed by atoms with E-state index in [-0.39, 0.29) is 5.82 Å². The summed E-state index contributed by atoms with van der Waals surface area (Å²) >= 11 is 1.26. The van der Waals surface area contributed by atoms with E-state index in [4.69, 9.17) is 4.74 Å². The largest absolute Gasteiger partial charge is 0.460 e. The van der Waals surface area contributed by atoms with Crippen LogP contribution in [0, 0.1) is 0 Å². The summed E-state index contributed by atoms with van der Waals surface area (Å²) in [6.07, 6.45) is 1.80. The highest BCUT2D eigenvalue weighted by Gasteiger charge is 2.20. The molecule has 0 saturated carbocycles. The van der Waals surface area contributed by atoms with Gasteiger partial charge in [-0.2, -0.15) is 4.98 Å². The first-order chi connectivity index (χ1) is 9.17. The number of aryl methyl sites for hydroxylation is 2. The number of rotatable bonds is 5. The summed E-state index contributed by atoms with van der Waals surface area (Å²) in [4.78, 5) is 16.7. The zero-order chi connectivity index (χ0) is 13.8. The molecule has 0 aliphatic rings. The van der Waals surface area contributed by atoms with Crippen molar-refractivity contribution in [2.24, 2.45) is 7.05 Å². The molecule has 2 aromatic rings. The molecule has 7 nitrogen and oxygen atoms in total. The number of hydrogen-bond acceptors (Lipinski definition) is 7.